The van der Waals surface area contributed by atoms with Crippen LogP contribution in [0.5, 0.6) is 5.75 Å². The fourth-order valence-corrected chi connectivity index (χ4v) is 3.58. The van der Waals surface area contributed by atoms with E-state index in [9.17, 15) is 4.79 Å². The van der Waals surface area contributed by atoms with Crippen LogP contribution in [0, 0.1) is 6.92 Å². The highest BCUT2D eigenvalue weighted by Gasteiger charge is 2.39. The first kappa shape index (κ1) is 17.9. The highest BCUT2D eigenvalue weighted by Crippen LogP contribution is 2.35. The summed E-state index contributed by atoms with van der Waals surface area (Å²) in [6.07, 6.45) is 5.21. The number of benzene rings is 1. The van der Waals surface area contributed by atoms with Crippen molar-refractivity contribution in [3.63, 3.8) is 0 Å². The number of aryl methyl sites for hydroxylation is 1. The van der Waals surface area contributed by atoms with Gasteiger partial charge in [-0.25, -0.2) is 0 Å². The summed E-state index contributed by atoms with van der Waals surface area (Å²) in [4.78, 5) is 16.8. The molecule has 0 aliphatic heterocycles. The predicted octanol–water partition coefficient (Wildman–Crippen LogP) is 3.89. The minimum Gasteiger partial charge on any atom is -0.493 e. The second-order valence-electron chi connectivity index (χ2n) is 6.38. The molecule has 1 heterocycles. The number of nitrogens with zero attached hydrogens (tertiary/aromatic N) is 2. The molecule has 3 rings (SSSR count). The van der Waals surface area contributed by atoms with Crippen molar-refractivity contribution in [2.75, 3.05) is 6.61 Å². The van der Waals surface area contributed by atoms with Gasteiger partial charge in [0.1, 0.15) is 11.3 Å². The van der Waals surface area contributed by atoms with Crippen LogP contribution < -0.4 is 10.1 Å². The van der Waals surface area contributed by atoms with Gasteiger partial charge in [0.2, 0.25) is 11.8 Å². The van der Waals surface area contributed by atoms with Gasteiger partial charge >= 0.3 is 0 Å². The zero-order chi connectivity index (χ0) is 17.7. The molecule has 1 aliphatic rings. The van der Waals surface area contributed by atoms with Crippen LogP contribution in [0.3, 0.4) is 0 Å². The van der Waals surface area contributed by atoms with E-state index < -0.39 is 5.54 Å². The summed E-state index contributed by atoms with van der Waals surface area (Å²) in [6.45, 7) is 2.09. The molecule has 7 heteroatoms. The van der Waals surface area contributed by atoms with E-state index in [0.717, 1.165) is 35.9 Å². The first-order chi connectivity index (χ1) is 12.1. The number of nitrogens with one attached hydrogen (secondary N) is 1. The first-order valence-electron chi connectivity index (χ1n) is 8.58. The second kappa shape index (κ2) is 7.99. The molecule has 0 saturated heterocycles. The van der Waals surface area contributed by atoms with E-state index in [1.165, 1.54) is 6.42 Å². The molecule has 0 spiro atoms. The largest absolute Gasteiger partial charge is 0.493 e. The Morgan fingerprint density at radius 3 is 2.84 bits per heavy atom. The summed E-state index contributed by atoms with van der Waals surface area (Å²) in [6, 6.07) is 7.57. The standard InChI is InChI=1S/C18H22BrN3O3/c1-13-20-17(22-25-13)18(9-3-2-4-10-18)21-16(23)8-11-24-15-7-5-6-14(19)12-15/h5-7,12H,2-4,8-11H2,1H3,(H,21,23). The van der Waals surface area contributed by atoms with Crippen molar-refractivity contribution >= 4 is 21.8 Å². The molecule has 1 saturated carbocycles. The number of rotatable bonds is 6. The molecule has 0 bridgehead atoms. The summed E-state index contributed by atoms with van der Waals surface area (Å²) in [5, 5.41) is 7.21. The zero-order valence-corrected chi connectivity index (χ0v) is 15.8. The topological polar surface area (TPSA) is 77.2 Å². The quantitative estimate of drug-likeness (QED) is 0.785. The molecular weight excluding hydrogens is 386 g/mol. The first-order valence-corrected chi connectivity index (χ1v) is 9.37. The number of aromatic nitrogens is 2. The lowest BCUT2D eigenvalue weighted by Gasteiger charge is -2.35. The Kier molecular flexibility index (Phi) is 5.73. The molecule has 134 valence electrons. The normalized spacial score (nSPS) is 16.4. The van der Waals surface area contributed by atoms with Gasteiger partial charge in [-0.05, 0) is 31.0 Å². The monoisotopic (exact) mass is 407 g/mol. The Balaban J connectivity index is 1.59. The lowest BCUT2D eigenvalue weighted by Crippen LogP contribution is -2.48. The van der Waals surface area contributed by atoms with Crippen molar-refractivity contribution in [2.24, 2.45) is 0 Å². The van der Waals surface area contributed by atoms with Gasteiger partial charge in [0.15, 0.2) is 5.82 Å². The Labute approximate surface area is 155 Å². The molecule has 6 nitrogen and oxygen atoms in total. The summed E-state index contributed by atoms with van der Waals surface area (Å²) in [7, 11) is 0. The van der Waals surface area contributed by atoms with E-state index in [2.05, 4.69) is 31.4 Å². The van der Waals surface area contributed by atoms with Gasteiger partial charge in [-0.2, -0.15) is 4.98 Å². The van der Waals surface area contributed by atoms with Crippen LogP contribution in [0.25, 0.3) is 0 Å². The molecule has 1 aliphatic carbocycles. The average Bonchev–Trinajstić information content (AvgIpc) is 3.03. The Morgan fingerprint density at radius 2 is 2.16 bits per heavy atom. The number of carbonyl (C=O) groups is 1. The third-order valence-corrected chi connectivity index (χ3v) is 4.93. The third-order valence-electron chi connectivity index (χ3n) is 4.44. The van der Waals surface area contributed by atoms with E-state index in [1.807, 2.05) is 24.3 Å². The second-order valence-corrected chi connectivity index (χ2v) is 7.30. The van der Waals surface area contributed by atoms with Crippen LogP contribution in [0.15, 0.2) is 33.3 Å². The predicted molar refractivity (Wildman–Crippen MR) is 96.2 cm³/mol. The van der Waals surface area contributed by atoms with Crippen LogP contribution in [0.1, 0.15) is 50.2 Å². The van der Waals surface area contributed by atoms with Gasteiger partial charge in [0, 0.05) is 11.4 Å². The number of amides is 1. The van der Waals surface area contributed by atoms with Crippen molar-refractivity contribution in [1.82, 2.24) is 15.5 Å². The van der Waals surface area contributed by atoms with E-state index in [-0.39, 0.29) is 12.3 Å². The van der Waals surface area contributed by atoms with Gasteiger partial charge < -0.3 is 14.6 Å². The summed E-state index contributed by atoms with van der Waals surface area (Å²) in [5.41, 5.74) is -0.511. The van der Waals surface area contributed by atoms with E-state index in [1.54, 1.807) is 6.92 Å². The molecule has 0 atom stereocenters. The van der Waals surface area contributed by atoms with Gasteiger partial charge in [0.05, 0.1) is 13.0 Å². The maximum atomic E-state index is 12.5. The molecule has 1 N–H and O–H groups in total. The number of carbonyl (C=O) groups excluding carboxylic acids is 1. The average molecular weight is 408 g/mol. The van der Waals surface area contributed by atoms with E-state index >= 15 is 0 Å². The zero-order valence-electron chi connectivity index (χ0n) is 14.3. The molecule has 1 amide bonds. The molecule has 1 fully saturated rings. The Hall–Kier alpha value is -1.89. The lowest BCUT2D eigenvalue weighted by molar-refractivity contribution is -0.124. The van der Waals surface area contributed by atoms with Crippen LogP contribution in [0.2, 0.25) is 0 Å². The van der Waals surface area contributed by atoms with Gasteiger partial charge in [0.25, 0.3) is 0 Å². The van der Waals surface area contributed by atoms with E-state index in [0.29, 0.717) is 18.3 Å². The molecule has 25 heavy (non-hydrogen) atoms. The molecule has 0 unspecified atom stereocenters. The summed E-state index contributed by atoms with van der Waals surface area (Å²) < 4.78 is 11.7. The molecule has 1 aromatic heterocycles. The minimum atomic E-state index is -0.511. The van der Waals surface area contributed by atoms with Crippen molar-refractivity contribution < 1.29 is 14.1 Å². The number of hydrogen-bond donors (Lipinski definition) is 1. The number of ether oxygens (including phenoxy) is 1. The smallest absolute Gasteiger partial charge is 0.224 e. The number of halogens is 1. The molecule has 0 radical (unpaired) electrons. The van der Waals surface area contributed by atoms with Crippen LogP contribution in [-0.4, -0.2) is 22.7 Å². The van der Waals surface area contributed by atoms with Gasteiger partial charge in [-0.3, -0.25) is 4.79 Å². The van der Waals surface area contributed by atoms with E-state index in [4.69, 9.17) is 9.26 Å². The fraction of sp³-hybridized carbons (Fsp3) is 0.500. The Morgan fingerprint density at radius 1 is 1.36 bits per heavy atom. The van der Waals surface area contributed by atoms with Gasteiger partial charge in [-0.15, -0.1) is 0 Å². The van der Waals surface area contributed by atoms with Crippen LogP contribution in [0.4, 0.5) is 0 Å². The minimum absolute atomic E-state index is 0.0562. The maximum Gasteiger partial charge on any atom is 0.224 e. The van der Waals surface area contributed by atoms with Crippen molar-refractivity contribution in [1.29, 1.82) is 0 Å². The van der Waals surface area contributed by atoms with Gasteiger partial charge in [-0.1, -0.05) is 46.4 Å². The maximum absolute atomic E-state index is 12.5. The molecular formula is C18H22BrN3O3. The Bertz CT molecular complexity index is 726. The van der Waals surface area contributed by atoms with Crippen LogP contribution >= 0.6 is 15.9 Å². The summed E-state index contributed by atoms with van der Waals surface area (Å²) in [5.74, 6) is 1.79. The van der Waals surface area contributed by atoms with Crippen molar-refractivity contribution in [2.45, 2.75) is 51.0 Å². The number of hydrogen-bond acceptors (Lipinski definition) is 5. The summed E-state index contributed by atoms with van der Waals surface area (Å²) >= 11 is 3.40. The molecule has 2 aromatic rings. The highest BCUT2D eigenvalue weighted by molar-refractivity contribution is 9.10. The lowest BCUT2D eigenvalue weighted by atomic mass is 9.81. The SMILES string of the molecule is Cc1nc(C2(NC(=O)CCOc3cccc(Br)c3)CCCCC2)no1. The fourth-order valence-electron chi connectivity index (χ4n) is 3.20. The van der Waals surface area contributed by atoms with Crippen molar-refractivity contribution in [3.05, 3.63) is 40.5 Å². The highest BCUT2D eigenvalue weighted by atomic mass is 79.9. The van der Waals surface area contributed by atoms with Crippen LogP contribution in [-0.2, 0) is 10.3 Å². The van der Waals surface area contributed by atoms with Crippen molar-refractivity contribution in [3.8, 4) is 5.75 Å². The molecule has 1 aromatic carbocycles. The third kappa shape index (κ3) is 4.60.